The maximum absolute atomic E-state index is 12.1. The Morgan fingerprint density at radius 3 is 2.45 bits per heavy atom. The summed E-state index contributed by atoms with van der Waals surface area (Å²) < 4.78 is 0. The van der Waals surface area contributed by atoms with Gasteiger partial charge < -0.3 is 0 Å². The van der Waals surface area contributed by atoms with E-state index in [1.165, 1.54) is 32.1 Å². The zero-order valence-corrected chi connectivity index (χ0v) is 13.9. The van der Waals surface area contributed by atoms with E-state index in [4.69, 9.17) is 0 Å². The van der Waals surface area contributed by atoms with E-state index in [1.807, 2.05) is 30.3 Å². The molecule has 2 rings (SSSR count). The van der Waals surface area contributed by atoms with E-state index in [1.54, 1.807) is 11.8 Å². The number of unbranched alkanes of at least 4 members (excludes halogenated alkanes) is 5. The Kier molecular flexibility index (Phi) is 7.16. The summed E-state index contributed by atoms with van der Waals surface area (Å²) in [5.74, 6) is 0.974. The molecule has 0 saturated heterocycles. The molecule has 1 aromatic heterocycles. The first-order valence-electron chi connectivity index (χ1n) is 7.96. The lowest BCUT2D eigenvalue weighted by Gasteiger charge is -2.02. The number of nitrogens with zero attached hydrogens (tertiary/aromatic N) is 2. The van der Waals surface area contributed by atoms with E-state index >= 15 is 0 Å². The summed E-state index contributed by atoms with van der Waals surface area (Å²) in [6.45, 7) is 2.23. The van der Waals surface area contributed by atoms with Crippen LogP contribution in [0.4, 0.5) is 0 Å². The van der Waals surface area contributed by atoms with E-state index in [-0.39, 0.29) is 5.56 Å². The SMILES string of the molecule is CCCCCCCCSc1nnc(-c2ccccc2)c(=O)[nH]1. The van der Waals surface area contributed by atoms with Gasteiger partial charge >= 0.3 is 0 Å². The molecule has 0 bridgehead atoms. The molecule has 2 aromatic rings. The average molecular weight is 317 g/mol. The van der Waals surface area contributed by atoms with Crippen molar-refractivity contribution < 1.29 is 0 Å². The van der Waals surface area contributed by atoms with Crippen molar-refractivity contribution in [2.45, 2.75) is 50.6 Å². The molecule has 22 heavy (non-hydrogen) atoms. The van der Waals surface area contributed by atoms with Crippen molar-refractivity contribution in [3.8, 4) is 11.3 Å². The molecular formula is C17H23N3OS. The quantitative estimate of drug-likeness (QED) is 0.554. The van der Waals surface area contributed by atoms with E-state index in [2.05, 4.69) is 22.1 Å². The molecule has 0 spiro atoms. The first-order chi connectivity index (χ1) is 10.8. The lowest BCUT2D eigenvalue weighted by molar-refractivity contribution is 0.626. The molecule has 118 valence electrons. The van der Waals surface area contributed by atoms with Crippen molar-refractivity contribution in [1.29, 1.82) is 0 Å². The normalized spacial score (nSPS) is 10.8. The van der Waals surface area contributed by atoms with Gasteiger partial charge in [-0.05, 0) is 6.42 Å². The average Bonchev–Trinajstić information content (AvgIpc) is 2.55. The Balaban J connectivity index is 1.82. The molecule has 0 atom stereocenters. The number of aromatic amines is 1. The molecule has 4 nitrogen and oxygen atoms in total. The largest absolute Gasteiger partial charge is 0.298 e. The molecule has 1 heterocycles. The molecular weight excluding hydrogens is 294 g/mol. The molecule has 1 N–H and O–H groups in total. The zero-order valence-electron chi connectivity index (χ0n) is 13.0. The van der Waals surface area contributed by atoms with E-state index in [9.17, 15) is 4.79 Å². The number of nitrogens with one attached hydrogen (secondary N) is 1. The van der Waals surface area contributed by atoms with Crippen molar-refractivity contribution in [3.05, 3.63) is 40.7 Å². The summed E-state index contributed by atoms with van der Waals surface area (Å²) in [6.07, 6.45) is 7.62. The van der Waals surface area contributed by atoms with Crippen molar-refractivity contribution in [2.75, 3.05) is 5.75 Å². The molecule has 0 radical (unpaired) electrons. The lowest BCUT2D eigenvalue weighted by atomic mass is 10.1. The van der Waals surface area contributed by atoms with Gasteiger partial charge in [-0.25, -0.2) is 0 Å². The summed E-state index contributed by atoms with van der Waals surface area (Å²) >= 11 is 1.57. The van der Waals surface area contributed by atoms with Crippen molar-refractivity contribution >= 4 is 11.8 Å². The van der Waals surface area contributed by atoms with E-state index in [0.29, 0.717) is 10.9 Å². The summed E-state index contributed by atoms with van der Waals surface area (Å²) in [6, 6.07) is 9.41. The number of rotatable bonds is 9. The van der Waals surface area contributed by atoms with Crippen LogP contribution in [0.5, 0.6) is 0 Å². The standard InChI is InChI=1S/C17H23N3OS/c1-2-3-4-5-6-10-13-22-17-18-16(21)15(19-20-17)14-11-8-7-9-12-14/h7-9,11-12H,2-6,10,13H2,1H3,(H,18,20,21). The Morgan fingerprint density at radius 2 is 1.73 bits per heavy atom. The van der Waals surface area contributed by atoms with Crippen LogP contribution in [-0.4, -0.2) is 20.9 Å². The highest BCUT2D eigenvalue weighted by atomic mass is 32.2. The summed E-state index contributed by atoms with van der Waals surface area (Å²) in [4.78, 5) is 14.9. The number of hydrogen-bond donors (Lipinski definition) is 1. The fraction of sp³-hybridized carbons (Fsp3) is 0.471. The van der Waals surface area contributed by atoms with Gasteiger partial charge in [0.05, 0.1) is 0 Å². The molecule has 0 aliphatic rings. The van der Waals surface area contributed by atoms with Gasteiger partial charge in [0.25, 0.3) is 5.56 Å². The predicted molar refractivity (Wildman–Crippen MR) is 92.2 cm³/mol. The number of aromatic nitrogens is 3. The summed E-state index contributed by atoms with van der Waals surface area (Å²) in [7, 11) is 0. The van der Waals surface area contributed by atoms with Gasteiger partial charge in [0.15, 0.2) is 10.9 Å². The van der Waals surface area contributed by atoms with Crippen LogP contribution in [0.1, 0.15) is 45.4 Å². The van der Waals surface area contributed by atoms with Crippen LogP contribution < -0.4 is 5.56 Å². The molecule has 5 heteroatoms. The van der Waals surface area contributed by atoms with Gasteiger partial charge in [-0.2, -0.15) is 0 Å². The Labute approximate surface area is 135 Å². The second-order valence-corrected chi connectivity index (χ2v) is 6.37. The highest BCUT2D eigenvalue weighted by Gasteiger charge is 2.07. The lowest BCUT2D eigenvalue weighted by Crippen LogP contribution is -2.14. The number of thioether (sulfide) groups is 1. The third kappa shape index (κ3) is 5.30. The molecule has 0 unspecified atom stereocenters. The Morgan fingerprint density at radius 1 is 1.00 bits per heavy atom. The van der Waals surface area contributed by atoms with Crippen LogP contribution >= 0.6 is 11.8 Å². The maximum Gasteiger partial charge on any atom is 0.278 e. The zero-order chi connectivity index (χ0) is 15.6. The first kappa shape index (κ1) is 16.7. The molecule has 0 aliphatic carbocycles. The van der Waals surface area contributed by atoms with E-state index in [0.717, 1.165) is 17.7 Å². The van der Waals surface area contributed by atoms with Crippen molar-refractivity contribution in [2.24, 2.45) is 0 Å². The third-order valence-corrected chi connectivity index (χ3v) is 4.41. The highest BCUT2D eigenvalue weighted by Crippen LogP contribution is 2.16. The van der Waals surface area contributed by atoms with E-state index < -0.39 is 0 Å². The fourth-order valence-corrected chi connectivity index (χ4v) is 3.03. The van der Waals surface area contributed by atoms with Gasteiger partial charge in [0, 0.05) is 11.3 Å². The Bertz CT molecular complexity index is 613. The van der Waals surface area contributed by atoms with Crippen LogP contribution in [0.25, 0.3) is 11.3 Å². The smallest absolute Gasteiger partial charge is 0.278 e. The molecule has 0 saturated carbocycles. The van der Waals surface area contributed by atoms with Gasteiger partial charge in [-0.1, -0.05) is 81.1 Å². The topological polar surface area (TPSA) is 58.6 Å². The summed E-state index contributed by atoms with van der Waals surface area (Å²) in [5, 5.41) is 8.80. The Hall–Kier alpha value is -1.62. The minimum absolute atomic E-state index is 0.174. The molecule has 1 aromatic carbocycles. The summed E-state index contributed by atoms with van der Waals surface area (Å²) in [5.41, 5.74) is 1.000. The maximum atomic E-state index is 12.1. The van der Waals surface area contributed by atoms with Crippen LogP contribution in [0.2, 0.25) is 0 Å². The second kappa shape index (κ2) is 9.41. The molecule has 0 amide bonds. The van der Waals surface area contributed by atoms with Gasteiger partial charge in [-0.3, -0.25) is 9.78 Å². The van der Waals surface area contributed by atoms with Gasteiger partial charge in [0.1, 0.15) is 0 Å². The number of hydrogen-bond acceptors (Lipinski definition) is 4. The van der Waals surface area contributed by atoms with Crippen LogP contribution in [-0.2, 0) is 0 Å². The third-order valence-electron chi connectivity index (χ3n) is 3.46. The number of H-pyrrole nitrogens is 1. The van der Waals surface area contributed by atoms with Crippen LogP contribution in [0.15, 0.2) is 40.3 Å². The van der Waals surface area contributed by atoms with Crippen molar-refractivity contribution in [1.82, 2.24) is 15.2 Å². The number of benzene rings is 1. The second-order valence-electron chi connectivity index (χ2n) is 5.29. The fourth-order valence-electron chi connectivity index (χ4n) is 2.22. The monoisotopic (exact) mass is 317 g/mol. The minimum Gasteiger partial charge on any atom is -0.298 e. The minimum atomic E-state index is -0.174. The van der Waals surface area contributed by atoms with Crippen molar-refractivity contribution in [3.63, 3.8) is 0 Å². The highest BCUT2D eigenvalue weighted by molar-refractivity contribution is 7.99. The first-order valence-corrected chi connectivity index (χ1v) is 8.95. The predicted octanol–water partition coefficient (Wildman–Crippen LogP) is 4.28. The van der Waals surface area contributed by atoms with Gasteiger partial charge in [0.2, 0.25) is 0 Å². The molecule has 0 fully saturated rings. The van der Waals surface area contributed by atoms with Crippen LogP contribution in [0, 0.1) is 0 Å². The van der Waals surface area contributed by atoms with Gasteiger partial charge in [-0.15, -0.1) is 10.2 Å². The molecule has 0 aliphatic heterocycles. The van der Waals surface area contributed by atoms with Crippen LogP contribution in [0.3, 0.4) is 0 Å².